The van der Waals surface area contributed by atoms with Gasteiger partial charge in [-0.2, -0.15) is 0 Å². The summed E-state index contributed by atoms with van der Waals surface area (Å²) in [5, 5.41) is 0. The Bertz CT molecular complexity index is 234. The quantitative estimate of drug-likeness (QED) is 0.516. The van der Waals surface area contributed by atoms with Crippen molar-refractivity contribution >= 4 is 23.1 Å². The molecule has 0 radical (unpaired) electrons. The highest BCUT2D eigenvalue weighted by Crippen LogP contribution is 2.10. The van der Waals surface area contributed by atoms with Gasteiger partial charge in [-0.3, -0.25) is 4.79 Å². The first kappa shape index (κ1) is 15.3. The maximum atomic E-state index is 12.0. The summed E-state index contributed by atoms with van der Waals surface area (Å²) in [5.74, 6) is -0.333. The van der Waals surface area contributed by atoms with Crippen LogP contribution < -0.4 is 5.73 Å². The molecule has 1 unspecified atom stereocenters. The fourth-order valence-electron chi connectivity index (χ4n) is 1.40. The molecule has 0 rings (SSSR count). The SMILES string of the molecule is CCCC(C(=O)N(C)CCOCC)C(N)=S. The van der Waals surface area contributed by atoms with E-state index in [-0.39, 0.29) is 16.8 Å². The first-order valence-electron chi connectivity index (χ1n) is 5.66. The molecule has 0 fully saturated rings. The highest BCUT2D eigenvalue weighted by molar-refractivity contribution is 7.80. The fraction of sp³-hybridized carbons (Fsp3) is 0.818. The number of thiocarbonyl (C=S) groups is 1. The number of ether oxygens (including phenoxy) is 1. The molecule has 4 nitrogen and oxygen atoms in total. The molecule has 0 spiro atoms. The molecule has 0 aromatic rings. The van der Waals surface area contributed by atoms with Crippen molar-refractivity contribution in [3.05, 3.63) is 0 Å². The number of likely N-dealkylation sites (N-methyl/N-ethyl adjacent to an activating group) is 1. The number of carbonyl (C=O) groups excluding carboxylic acids is 1. The van der Waals surface area contributed by atoms with E-state index in [4.69, 9.17) is 22.7 Å². The number of carbonyl (C=O) groups is 1. The number of amides is 1. The molecule has 0 bridgehead atoms. The highest BCUT2D eigenvalue weighted by Gasteiger charge is 2.23. The van der Waals surface area contributed by atoms with Crippen LogP contribution >= 0.6 is 12.2 Å². The Morgan fingerprint density at radius 1 is 1.50 bits per heavy atom. The zero-order valence-corrected chi connectivity index (χ0v) is 11.2. The van der Waals surface area contributed by atoms with Gasteiger partial charge in [0.2, 0.25) is 5.91 Å². The van der Waals surface area contributed by atoms with E-state index in [0.717, 1.165) is 6.42 Å². The maximum Gasteiger partial charge on any atom is 0.232 e. The third-order valence-electron chi connectivity index (χ3n) is 2.37. The molecule has 0 aromatic carbocycles. The van der Waals surface area contributed by atoms with Crippen LogP contribution in [0.4, 0.5) is 0 Å². The first-order chi connectivity index (χ1) is 7.54. The Balaban J connectivity index is 4.20. The van der Waals surface area contributed by atoms with Crippen molar-refractivity contribution in [2.75, 3.05) is 26.8 Å². The molecular formula is C11H22N2O2S. The van der Waals surface area contributed by atoms with Gasteiger partial charge < -0.3 is 15.4 Å². The minimum atomic E-state index is -0.327. The molecule has 1 atom stereocenters. The van der Waals surface area contributed by atoms with Crippen LogP contribution in [0.15, 0.2) is 0 Å². The average molecular weight is 246 g/mol. The van der Waals surface area contributed by atoms with E-state index in [0.29, 0.717) is 26.2 Å². The summed E-state index contributed by atoms with van der Waals surface area (Å²) < 4.78 is 5.20. The average Bonchev–Trinajstić information content (AvgIpc) is 2.24. The van der Waals surface area contributed by atoms with Gasteiger partial charge >= 0.3 is 0 Å². The lowest BCUT2D eigenvalue weighted by atomic mass is 10.0. The number of hydrogen-bond donors (Lipinski definition) is 1. The van der Waals surface area contributed by atoms with Crippen molar-refractivity contribution in [1.82, 2.24) is 4.90 Å². The number of nitrogens with zero attached hydrogens (tertiary/aromatic N) is 1. The third kappa shape index (κ3) is 5.42. The molecule has 0 aromatic heterocycles. The van der Waals surface area contributed by atoms with Crippen molar-refractivity contribution in [2.24, 2.45) is 11.7 Å². The highest BCUT2D eigenvalue weighted by atomic mass is 32.1. The summed E-state index contributed by atoms with van der Waals surface area (Å²) in [4.78, 5) is 13.9. The van der Waals surface area contributed by atoms with E-state index >= 15 is 0 Å². The maximum absolute atomic E-state index is 12.0. The van der Waals surface area contributed by atoms with Crippen molar-refractivity contribution in [1.29, 1.82) is 0 Å². The molecule has 0 aliphatic heterocycles. The van der Waals surface area contributed by atoms with Gasteiger partial charge in [-0.05, 0) is 13.3 Å². The van der Waals surface area contributed by atoms with E-state index in [1.54, 1.807) is 11.9 Å². The van der Waals surface area contributed by atoms with Gasteiger partial charge in [0.05, 0.1) is 17.5 Å². The molecule has 0 aliphatic rings. The first-order valence-corrected chi connectivity index (χ1v) is 6.07. The summed E-state index contributed by atoms with van der Waals surface area (Å²) in [6.07, 6.45) is 1.61. The van der Waals surface area contributed by atoms with Crippen molar-refractivity contribution in [3.63, 3.8) is 0 Å². The molecule has 16 heavy (non-hydrogen) atoms. The van der Waals surface area contributed by atoms with Crippen LogP contribution in [0.2, 0.25) is 0 Å². The topological polar surface area (TPSA) is 55.6 Å². The number of rotatable bonds is 8. The van der Waals surface area contributed by atoms with Crippen molar-refractivity contribution < 1.29 is 9.53 Å². The lowest BCUT2D eigenvalue weighted by Crippen LogP contribution is -2.40. The molecule has 0 aliphatic carbocycles. The Morgan fingerprint density at radius 2 is 2.12 bits per heavy atom. The van der Waals surface area contributed by atoms with Gasteiger partial charge in [0.1, 0.15) is 0 Å². The van der Waals surface area contributed by atoms with Gasteiger partial charge in [0.15, 0.2) is 0 Å². The summed E-state index contributed by atoms with van der Waals surface area (Å²) in [6.45, 7) is 5.73. The standard InChI is InChI=1S/C11H22N2O2S/c1-4-6-9(10(12)16)11(14)13(3)7-8-15-5-2/h9H,4-8H2,1-3H3,(H2,12,16). The number of hydrogen-bond acceptors (Lipinski definition) is 3. The monoisotopic (exact) mass is 246 g/mol. The lowest BCUT2D eigenvalue weighted by Gasteiger charge is -2.22. The van der Waals surface area contributed by atoms with Crippen LogP contribution in [-0.2, 0) is 9.53 Å². The van der Waals surface area contributed by atoms with E-state index in [9.17, 15) is 4.79 Å². The zero-order valence-electron chi connectivity index (χ0n) is 10.4. The van der Waals surface area contributed by atoms with E-state index in [1.807, 2.05) is 13.8 Å². The summed E-state index contributed by atoms with van der Waals surface area (Å²) >= 11 is 4.91. The number of nitrogens with two attached hydrogens (primary N) is 1. The predicted molar refractivity (Wildman–Crippen MR) is 69.3 cm³/mol. The second-order valence-corrected chi connectivity index (χ2v) is 4.17. The van der Waals surface area contributed by atoms with Gasteiger partial charge in [-0.1, -0.05) is 25.6 Å². The second-order valence-electron chi connectivity index (χ2n) is 3.70. The Hall–Kier alpha value is -0.680. The van der Waals surface area contributed by atoms with Crippen LogP contribution in [0.25, 0.3) is 0 Å². The van der Waals surface area contributed by atoms with Gasteiger partial charge in [-0.25, -0.2) is 0 Å². The van der Waals surface area contributed by atoms with E-state index in [1.165, 1.54) is 0 Å². The van der Waals surface area contributed by atoms with Crippen molar-refractivity contribution in [3.8, 4) is 0 Å². The van der Waals surface area contributed by atoms with E-state index in [2.05, 4.69) is 0 Å². The molecule has 0 saturated carbocycles. The minimum Gasteiger partial charge on any atom is -0.393 e. The molecule has 94 valence electrons. The Kier molecular flexibility index (Phi) is 8.11. The van der Waals surface area contributed by atoms with Gasteiger partial charge in [0.25, 0.3) is 0 Å². The van der Waals surface area contributed by atoms with Crippen LogP contribution in [-0.4, -0.2) is 42.6 Å². The summed E-state index contributed by atoms with van der Waals surface area (Å²) in [7, 11) is 1.75. The van der Waals surface area contributed by atoms with Crippen molar-refractivity contribution in [2.45, 2.75) is 26.7 Å². The molecule has 1 amide bonds. The summed E-state index contributed by atoms with van der Waals surface area (Å²) in [5.41, 5.74) is 5.57. The normalized spacial score (nSPS) is 12.2. The molecule has 0 saturated heterocycles. The smallest absolute Gasteiger partial charge is 0.232 e. The fourth-order valence-corrected chi connectivity index (χ4v) is 1.62. The Labute approximate surface area is 103 Å². The van der Waals surface area contributed by atoms with E-state index < -0.39 is 0 Å². The third-order valence-corrected chi connectivity index (χ3v) is 2.65. The molecular weight excluding hydrogens is 224 g/mol. The Morgan fingerprint density at radius 3 is 2.56 bits per heavy atom. The molecule has 0 heterocycles. The van der Waals surface area contributed by atoms with Crippen LogP contribution in [0.3, 0.4) is 0 Å². The zero-order chi connectivity index (χ0) is 12.6. The van der Waals surface area contributed by atoms with Crippen LogP contribution in [0, 0.1) is 5.92 Å². The lowest BCUT2D eigenvalue weighted by molar-refractivity contribution is -0.132. The summed E-state index contributed by atoms with van der Waals surface area (Å²) in [6, 6.07) is 0. The second kappa shape index (κ2) is 8.47. The predicted octanol–water partition coefficient (Wildman–Crippen LogP) is 1.18. The van der Waals surface area contributed by atoms with Crippen LogP contribution in [0.5, 0.6) is 0 Å². The molecule has 2 N–H and O–H groups in total. The van der Waals surface area contributed by atoms with Gasteiger partial charge in [0, 0.05) is 20.2 Å². The van der Waals surface area contributed by atoms with Crippen LogP contribution in [0.1, 0.15) is 26.7 Å². The largest absolute Gasteiger partial charge is 0.393 e. The van der Waals surface area contributed by atoms with Gasteiger partial charge in [-0.15, -0.1) is 0 Å². The minimum absolute atomic E-state index is 0.00551. The molecule has 5 heteroatoms.